The van der Waals surface area contributed by atoms with Gasteiger partial charge in [-0.25, -0.2) is 4.79 Å². The molecule has 3 N–H and O–H groups in total. The minimum atomic E-state index is -1.26. The van der Waals surface area contributed by atoms with E-state index in [-0.39, 0.29) is 5.02 Å². The predicted molar refractivity (Wildman–Crippen MR) is 57.9 cm³/mol. The molecule has 4 atom stereocenters. The highest BCUT2D eigenvalue weighted by Gasteiger charge is 2.41. The first kappa shape index (κ1) is 12.3. The summed E-state index contributed by atoms with van der Waals surface area (Å²) < 4.78 is 6.18. The number of nitrogens with one attached hydrogen (secondary N) is 1. The summed E-state index contributed by atoms with van der Waals surface area (Å²) >= 11 is 5.58. The molecule has 0 spiro atoms. The van der Waals surface area contributed by atoms with Crippen molar-refractivity contribution in [3.05, 3.63) is 32.1 Å². The predicted octanol–water partition coefficient (Wildman–Crippen LogP) is -1.17. The van der Waals surface area contributed by atoms with Crippen LogP contribution in [0.5, 0.6) is 0 Å². The van der Waals surface area contributed by atoms with Crippen LogP contribution >= 0.6 is 11.6 Å². The van der Waals surface area contributed by atoms with Crippen molar-refractivity contribution in [3.63, 3.8) is 0 Å². The molecule has 0 bridgehead atoms. The molecule has 1 fully saturated rings. The summed E-state index contributed by atoms with van der Waals surface area (Å²) in [4.78, 5) is 24.6. The van der Waals surface area contributed by atoms with Crippen molar-refractivity contribution in [3.8, 4) is 0 Å². The van der Waals surface area contributed by atoms with Crippen molar-refractivity contribution in [2.75, 3.05) is 0 Å². The largest absolute Gasteiger partial charge is 0.388 e. The molecular formula is C9H11ClN2O5. The Kier molecular flexibility index (Phi) is 3.09. The lowest BCUT2D eigenvalue weighted by atomic mass is 10.1. The van der Waals surface area contributed by atoms with Gasteiger partial charge in [0.1, 0.15) is 17.2 Å². The van der Waals surface area contributed by atoms with Crippen LogP contribution in [-0.2, 0) is 4.74 Å². The number of rotatable bonds is 1. The number of ether oxygens (including phenoxy) is 1. The first-order chi connectivity index (χ1) is 7.91. The normalized spacial score (nSPS) is 32.9. The molecule has 2 rings (SSSR count). The summed E-state index contributed by atoms with van der Waals surface area (Å²) in [6, 6.07) is 0. The molecule has 2 heterocycles. The van der Waals surface area contributed by atoms with Crippen LogP contribution in [0.1, 0.15) is 13.2 Å². The Balaban J connectivity index is 2.46. The standard InChI is InChI=1S/C9H11ClN2O5/c1-3-5(13)6(14)8(17-3)12-2-4(10)7(15)11-9(12)16/h2-3,5-6,8,13-14H,1H3,(H,11,15,16)/t3-,5-,6-,8-/m1/s1. The van der Waals surface area contributed by atoms with E-state index in [9.17, 15) is 19.8 Å². The second-order valence-electron chi connectivity index (χ2n) is 3.86. The number of aromatic nitrogens is 2. The maximum Gasteiger partial charge on any atom is 0.330 e. The minimum Gasteiger partial charge on any atom is -0.388 e. The van der Waals surface area contributed by atoms with Crippen LogP contribution in [0, 0.1) is 0 Å². The molecule has 1 aliphatic rings. The van der Waals surface area contributed by atoms with Gasteiger partial charge in [-0.2, -0.15) is 0 Å². The summed E-state index contributed by atoms with van der Waals surface area (Å²) in [6.07, 6.45) is -2.97. The van der Waals surface area contributed by atoms with Gasteiger partial charge in [-0.15, -0.1) is 0 Å². The van der Waals surface area contributed by atoms with Crippen LogP contribution < -0.4 is 11.2 Å². The van der Waals surface area contributed by atoms with Crippen molar-refractivity contribution in [1.82, 2.24) is 9.55 Å². The van der Waals surface area contributed by atoms with Gasteiger partial charge in [0, 0.05) is 6.20 Å². The summed E-state index contributed by atoms with van der Waals surface area (Å²) in [5.41, 5.74) is -1.47. The van der Waals surface area contributed by atoms with Crippen LogP contribution in [0.3, 0.4) is 0 Å². The fourth-order valence-corrected chi connectivity index (χ4v) is 1.86. The van der Waals surface area contributed by atoms with Gasteiger partial charge < -0.3 is 14.9 Å². The van der Waals surface area contributed by atoms with Gasteiger partial charge in [0.25, 0.3) is 5.56 Å². The molecule has 8 heteroatoms. The van der Waals surface area contributed by atoms with Crippen LogP contribution in [-0.4, -0.2) is 38.1 Å². The maximum atomic E-state index is 11.5. The molecule has 94 valence electrons. The second kappa shape index (κ2) is 4.26. The van der Waals surface area contributed by atoms with Crippen molar-refractivity contribution in [2.24, 2.45) is 0 Å². The lowest BCUT2D eigenvalue weighted by molar-refractivity contribution is -0.0351. The number of hydrogen-bond acceptors (Lipinski definition) is 5. The van der Waals surface area contributed by atoms with E-state index in [0.29, 0.717) is 0 Å². The van der Waals surface area contributed by atoms with E-state index in [1.165, 1.54) is 0 Å². The lowest BCUT2D eigenvalue weighted by Crippen LogP contribution is -2.37. The van der Waals surface area contributed by atoms with E-state index in [2.05, 4.69) is 0 Å². The van der Waals surface area contributed by atoms with Gasteiger partial charge in [0.15, 0.2) is 6.23 Å². The summed E-state index contributed by atoms with van der Waals surface area (Å²) in [6.45, 7) is 1.56. The Labute approximate surface area is 100 Å². The Bertz CT molecular complexity index is 539. The zero-order valence-electron chi connectivity index (χ0n) is 8.83. The van der Waals surface area contributed by atoms with Gasteiger partial charge in [-0.05, 0) is 6.92 Å². The van der Waals surface area contributed by atoms with Gasteiger partial charge in [0.2, 0.25) is 0 Å². The Hall–Kier alpha value is -1.15. The summed E-state index contributed by atoms with van der Waals surface area (Å²) in [5, 5.41) is 19.0. The van der Waals surface area contributed by atoms with Crippen LogP contribution in [0.2, 0.25) is 5.02 Å². The highest BCUT2D eigenvalue weighted by Crippen LogP contribution is 2.27. The molecule has 0 amide bonds. The SMILES string of the molecule is C[C@H]1O[C@@H](n2cc(Cl)c(=O)[nH]c2=O)[C@H](O)[C@@H]1O. The number of halogens is 1. The molecule has 17 heavy (non-hydrogen) atoms. The van der Waals surface area contributed by atoms with E-state index >= 15 is 0 Å². The third-order valence-corrected chi connectivity index (χ3v) is 2.94. The van der Waals surface area contributed by atoms with Gasteiger partial charge in [0.05, 0.1) is 6.10 Å². The Morgan fingerprint density at radius 3 is 2.59 bits per heavy atom. The highest BCUT2D eigenvalue weighted by atomic mass is 35.5. The lowest BCUT2D eigenvalue weighted by Gasteiger charge is -2.16. The molecular weight excluding hydrogens is 252 g/mol. The summed E-state index contributed by atoms with van der Waals surface area (Å²) in [5.74, 6) is 0. The monoisotopic (exact) mass is 262 g/mol. The van der Waals surface area contributed by atoms with Crippen LogP contribution in [0.25, 0.3) is 0 Å². The smallest absolute Gasteiger partial charge is 0.330 e. The molecule has 1 aromatic rings. The minimum absolute atomic E-state index is 0.200. The average Bonchev–Trinajstić information content (AvgIpc) is 2.51. The third-order valence-electron chi connectivity index (χ3n) is 2.68. The quantitative estimate of drug-likeness (QED) is 0.591. The van der Waals surface area contributed by atoms with Gasteiger partial charge >= 0.3 is 5.69 Å². The summed E-state index contributed by atoms with van der Waals surface area (Å²) in [7, 11) is 0. The van der Waals surface area contributed by atoms with Crippen molar-refractivity contribution in [2.45, 2.75) is 31.5 Å². The first-order valence-corrected chi connectivity index (χ1v) is 5.32. The van der Waals surface area contributed by atoms with E-state index in [0.717, 1.165) is 10.8 Å². The molecule has 0 aliphatic carbocycles. The molecule has 0 saturated carbocycles. The molecule has 0 aromatic carbocycles. The van der Waals surface area contributed by atoms with E-state index in [1.807, 2.05) is 4.98 Å². The topological polar surface area (TPSA) is 105 Å². The Morgan fingerprint density at radius 2 is 2.06 bits per heavy atom. The van der Waals surface area contributed by atoms with Crippen molar-refractivity contribution >= 4 is 11.6 Å². The van der Waals surface area contributed by atoms with Crippen LogP contribution in [0.15, 0.2) is 15.8 Å². The number of aliphatic hydroxyl groups is 2. The Morgan fingerprint density at radius 1 is 1.41 bits per heavy atom. The molecule has 1 aromatic heterocycles. The second-order valence-corrected chi connectivity index (χ2v) is 4.26. The number of aliphatic hydroxyl groups excluding tert-OH is 2. The van der Waals surface area contributed by atoms with E-state index in [4.69, 9.17) is 16.3 Å². The van der Waals surface area contributed by atoms with E-state index in [1.54, 1.807) is 6.92 Å². The fourth-order valence-electron chi connectivity index (χ4n) is 1.71. The van der Waals surface area contributed by atoms with Crippen molar-refractivity contribution < 1.29 is 14.9 Å². The van der Waals surface area contributed by atoms with Gasteiger partial charge in [-0.3, -0.25) is 14.3 Å². The fraction of sp³-hybridized carbons (Fsp3) is 0.556. The number of hydrogen-bond donors (Lipinski definition) is 3. The molecule has 0 radical (unpaired) electrons. The highest BCUT2D eigenvalue weighted by molar-refractivity contribution is 6.30. The first-order valence-electron chi connectivity index (χ1n) is 4.94. The molecule has 7 nitrogen and oxygen atoms in total. The molecule has 0 unspecified atom stereocenters. The average molecular weight is 263 g/mol. The van der Waals surface area contributed by atoms with Gasteiger partial charge in [-0.1, -0.05) is 11.6 Å². The van der Waals surface area contributed by atoms with Crippen molar-refractivity contribution in [1.29, 1.82) is 0 Å². The maximum absolute atomic E-state index is 11.5. The molecule has 1 aliphatic heterocycles. The molecule has 1 saturated heterocycles. The van der Waals surface area contributed by atoms with E-state index < -0.39 is 35.8 Å². The number of H-pyrrole nitrogens is 1. The number of aromatic amines is 1. The zero-order valence-corrected chi connectivity index (χ0v) is 9.59. The zero-order chi connectivity index (χ0) is 12.7. The van der Waals surface area contributed by atoms with Crippen LogP contribution in [0.4, 0.5) is 0 Å². The third kappa shape index (κ3) is 2.02. The number of nitrogens with zero attached hydrogens (tertiary/aromatic N) is 1.